The van der Waals surface area contributed by atoms with Gasteiger partial charge in [-0.3, -0.25) is 9.36 Å². The summed E-state index contributed by atoms with van der Waals surface area (Å²) >= 11 is 0. The third-order valence-electron chi connectivity index (χ3n) is 5.38. The molecule has 1 aliphatic heterocycles. The Balaban J connectivity index is 1.61. The van der Waals surface area contributed by atoms with Crippen molar-refractivity contribution in [3.8, 4) is 17.3 Å². The normalized spacial score (nSPS) is 15.9. The predicted octanol–water partition coefficient (Wildman–Crippen LogP) is 1.40. The number of hydrogen-bond donors (Lipinski definition) is 1. The fraction of sp³-hybridized carbons (Fsp3) is 0.421. The third kappa shape index (κ3) is 3.89. The van der Waals surface area contributed by atoms with E-state index in [0.29, 0.717) is 11.6 Å². The lowest BCUT2D eigenvalue weighted by Gasteiger charge is -2.47. The number of nitrogens with zero attached hydrogens (tertiary/aromatic N) is 8. The highest BCUT2D eigenvalue weighted by atomic mass is 32.2. The molecule has 0 atom stereocenters. The van der Waals surface area contributed by atoms with Crippen LogP contribution in [0.25, 0.3) is 11.3 Å². The molecule has 0 amide bonds. The largest absolute Gasteiger partial charge is 0.321 e. The van der Waals surface area contributed by atoms with Crippen molar-refractivity contribution >= 4 is 21.7 Å². The molecule has 1 fully saturated rings. The van der Waals surface area contributed by atoms with E-state index in [1.807, 2.05) is 26.4 Å². The Hall–Kier alpha value is -3.30. The van der Waals surface area contributed by atoms with Crippen LogP contribution in [0.2, 0.25) is 0 Å². The second-order valence-electron chi connectivity index (χ2n) is 7.65. The lowest BCUT2D eigenvalue weighted by atomic mass is 9.89. The van der Waals surface area contributed by atoms with E-state index in [4.69, 9.17) is 0 Å². The Morgan fingerprint density at radius 2 is 2.00 bits per heavy atom. The highest BCUT2D eigenvalue weighted by Crippen LogP contribution is 2.35. The number of aryl methyl sites for hydroxylation is 2. The molecule has 1 aliphatic rings. The quantitative estimate of drug-likeness (QED) is 0.581. The van der Waals surface area contributed by atoms with Crippen LogP contribution in [0, 0.1) is 18.3 Å². The van der Waals surface area contributed by atoms with Gasteiger partial charge in [0.15, 0.2) is 0 Å². The van der Waals surface area contributed by atoms with Crippen LogP contribution < -0.4 is 5.32 Å². The first kappa shape index (κ1) is 21.0. The lowest BCUT2D eigenvalue weighted by molar-refractivity contribution is 0.0719. The summed E-state index contributed by atoms with van der Waals surface area (Å²) < 4.78 is 29.1. The summed E-state index contributed by atoms with van der Waals surface area (Å²) in [7, 11) is -1.47. The van der Waals surface area contributed by atoms with Crippen molar-refractivity contribution in [2.75, 3.05) is 24.2 Å². The van der Waals surface area contributed by atoms with Crippen LogP contribution in [-0.4, -0.2) is 61.1 Å². The van der Waals surface area contributed by atoms with Gasteiger partial charge in [-0.05, 0) is 19.4 Å². The maximum atomic E-state index is 12.1. The van der Waals surface area contributed by atoms with E-state index in [0.717, 1.165) is 16.8 Å². The van der Waals surface area contributed by atoms with E-state index in [2.05, 4.69) is 31.6 Å². The first-order valence-corrected chi connectivity index (χ1v) is 11.4. The molecule has 0 spiro atoms. The molecule has 1 saturated heterocycles. The standard InChI is InChI=1S/C19H23N9O2S/c1-4-31(29,30)27-12-19(13-27,5-6-20)28-10-15(8-23-28)17-14(2)7-21-18(25-17)24-16-9-22-26(3)11-16/h7-11H,4-5,12-13H2,1-3H3,(H,21,24,25). The molecule has 3 aromatic rings. The lowest BCUT2D eigenvalue weighted by Crippen LogP contribution is -2.64. The minimum Gasteiger partial charge on any atom is -0.321 e. The Bertz CT molecular complexity index is 1250. The van der Waals surface area contributed by atoms with Gasteiger partial charge in [-0.25, -0.2) is 18.4 Å². The number of hydrogen-bond acceptors (Lipinski definition) is 8. The third-order valence-corrected chi connectivity index (χ3v) is 7.16. The SMILES string of the molecule is CCS(=O)(=O)N1CC(CC#N)(n2cc(-c3nc(Nc4cnn(C)c4)ncc3C)cn2)C1. The average Bonchev–Trinajstić information content (AvgIpc) is 3.35. The van der Waals surface area contributed by atoms with Crippen molar-refractivity contribution in [2.24, 2.45) is 7.05 Å². The smallest absolute Gasteiger partial charge is 0.227 e. The van der Waals surface area contributed by atoms with E-state index < -0.39 is 15.6 Å². The van der Waals surface area contributed by atoms with Crippen LogP contribution >= 0.6 is 0 Å². The first-order chi connectivity index (χ1) is 14.8. The van der Waals surface area contributed by atoms with Gasteiger partial charge in [-0.15, -0.1) is 0 Å². The first-order valence-electron chi connectivity index (χ1n) is 9.76. The van der Waals surface area contributed by atoms with E-state index in [1.54, 1.807) is 34.9 Å². The predicted molar refractivity (Wildman–Crippen MR) is 114 cm³/mol. The van der Waals surface area contributed by atoms with Gasteiger partial charge >= 0.3 is 0 Å². The summed E-state index contributed by atoms with van der Waals surface area (Å²) in [5, 5.41) is 21.0. The molecule has 3 aromatic heterocycles. The summed E-state index contributed by atoms with van der Waals surface area (Å²) in [6.07, 6.45) is 8.89. The van der Waals surface area contributed by atoms with Gasteiger partial charge in [0.05, 0.1) is 42.0 Å². The van der Waals surface area contributed by atoms with Crippen molar-refractivity contribution in [1.29, 1.82) is 5.26 Å². The van der Waals surface area contributed by atoms with Crippen LogP contribution in [0.4, 0.5) is 11.6 Å². The van der Waals surface area contributed by atoms with E-state index >= 15 is 0 Å². The summed E-state index contributed by atoms with van der Waals surface area (Å²) in [5.74, 6) is 0.462. The van der Waals surface area contributed by atoms with Crippen LogP contribution in [0.3, 0.4) is 0 Å². The molecular formula is C19H23N9O2S. The zero-order chi connectivity index (χ0) is 22.2. The molecule has 11 nitrogen and oxygen atoms in total. The van der Waals surface area contributed by atoms with Gasteiger partial charge in [0.1, 0.15) is 5.54 Å². The van der Waals surface area contributed by atoms with Crippen LogP contribution in [0.5, 0.6) is 0 Å². The fourth-order valence-corrected chi connectivity index (χ4v) is 4.83. The molecule has 0 bridgehead atoms. The van der Waals surface area contributed by atoms with E-state index in [-0.39, 0.29) is 25.3 Å². The second-order valence-corrected chi connectivity index (χ2v) is 9.91. The van der Waals surface area contributed by atoms with Gasteiger partial charge < -0.3 is 5.32 Å². The summed E-state index contributed by atoms with van der Waals surface area (Å²) in [4.78, 5) is 8.94. The van der Waals surface area contributed by atoms with Gasteiger partial charge in [0.2, 0.25) is 16.0 Å². The Kier molecular flexibility index (Phi) is 5.24. The Morgan fingerprint density at radius 3 is 2.65 bits per heavy atom. The van der Waals surface area contributed by atoms with Gasteiger partial charge in [0, 0.05) is 44.3 Å². The second kappa shape index (κ2) is 7.75. The van der Waals surface area contributed by atoms with Gasteiger partial charge in [-0.2, -0.15) is 19.8 Å². The Labute approximate surface area is 180 Å². The van der Waals surface area contributed by atoms with E-state index in [1.165, 1.54) is 4.31 Å². The molecule has 4 rings (SSSR count). The molecule has 31 heavy (non-hydrogen) atoms. The zero-order valence-electron chi connectivity index (χ0n) is 17.5. The molecule has 4 heterocycles. The van der Waals surface area contributed by atoms with Gasteiger partial charge in [0.25, 0.3) is 0 Å². The monoisotopic (exact) mass is 441 g/mol. The van der Waals surface area contributed by atoms with Crippen LogP contribution in [0.15, 0.2) is 31.0 Å². The van der Waals surface area contributed by atoms with Crippen molar-refractivity contribution in [3.05, 3.63) is 36.5 Å². The minimum absolute atomic E-state index is 0.0346. The van der Waals surface area contributed by atoms with Crippen LogP contribution in [-0.2, 0) is 22.6 Å². The maximum Gasteiger partial charge on any atom is 0.227 e. The maximum absolute atomic E-state index is 12.1. The summed E-state index contributed by atoms with van der Waals surface area (Å²) in [6, 6.07) is 2.17. The molecule has 0 aromatic carbocycles. The van der Waals surface area contributed by atoms with Crippen molar-refractivity contribution < 1.29 is 8.42 Å². The molecular weight excluding hydrogens is 418 g/mol. The van der Waals surface area contributed by atoms with Crippen molar-refractivity contribution in [1.82, 2.24) is 33.8 Å². The highest BCUT2D eigenvalue weighted by molar-refractivity contribution is 7.89. The molecule has 0 saturated carbocycles. The average molecular weight is 442 g/mol. The topological polar surface area (TPSA) is 135 Å². The molecule has 0 unspecified atom stereocenters. The van der Waals surface area contributed by atoms with Gasteiger partial charge in [-0.1, -0.05) is 0 Å². The number of sulfonamides is 1. The van der Waals surface area contributed by atoms with Crippen LogP contribution in [0.1, 0.15) is 18.9 Å². The zero-order valence-corrected chi connectivity index (χ0v) is 18.3. The molecule has 12 heteroatoms. The number of aromatic nitrogens is 6. The summed E-state index contributed by atoms with van der Waals surface area (Å²) in [5.41, 5.74) is 2.44. The molecule has 162 valence electrons. The minimum atomic E-state index is -3.30. The number of rotatable bonds is 7. The van der Waals surface area contributed by atoms with Crippen molar-refractivity contribution in [2.45, 2.75) is 25.8 Å². The molecule has 0 aliphatic carbocycles. The Morgan fingerprint density at radius 1 is 1.23 bits per heavy atom. The number of anilines is 2. The number of nitriles is 1. The highest BCUT2D eigenvalue weighted by Gasteiger charge is 2.49. The van der Waals surface area contributed by atoms with E-state index in [9.17, 15) is 13.7 Å². The fourth-order valence-electron chi connectivity index (χ4n) is 3.59. The molecule has 1 N–H and O–H groups in total. The summed E-state index contributed by atoms with van der Waals surface area (Å²) in [6.45, 7) is 3.98. The number of nitrogens with one attached hydrogen (secondary N) is 1. The molecule has 0 radical (unpaired) electrons. The van der Waals surface area contributed by atoms with Crippen molar-refractivity contribution in [3.63, 3.8) is 0 Å².